The summed E-state index contributed by atoms with van der Waals surface area (Å²) in [6.07, 6.45) is 0. The van der Waals surface area contributed by atoms with Gasteiger partial charge >= 0.3 is 0 Å². The second-order valence-corrected chi connectivity index (χ2v) is 7.87. The average molecular weight is 402 g/mol. The van der Waals surface area contributed by atoms with Gasteiger partial charge in [0, 0.05) is 17.0 Å². The number of amides is 1. The fourth-order valence-corrected chi connectivity index (χ4v) is 3.45. The number of aromatic nitrogens is 2. The van der Waals surface area contributed by atoms with Crippen molar-refractivity contribution in [2.75, 3.05) is 6.54 Å². The average Bonchev–Trinajstić information content (AvgIpc) is 2.95. The van der Waals surface area contributed by atoms with Gasteiger partial charge in [-0.1, -0.05) is 67.4 Å². The SMILES string of the molecule is Cc1nn(-c2ccccc2)c(Cl)c1C(=O)NCC(C)(C)c1cccc(Cl)c1. The van der Waals surface area contributed by atoms with Gasteiger partial charge in [0.15, 0.2) is 0 Å². The van der Waals surface area contributed by atoms with Crippen LogP contribution in [0, 0.1) is 6.92 Å². The third-order valence-corrected chi connectivity index (χ3v) is 5.11. The van der Waals surface area contributed by atoms with Crippen LogP contribution in [0.2, 0.25) is 10.2 Å². The van der Waals surface area contributed by atoms with Gasteiger partial charge in [0.05, 0.1) is 16.9 Å². The molecule has 0 saturated carbocycles. The van der Waals surface area contributed by atoms with E-state index < -0.39 is 0 Å². The van der Waals surface area contributed by atoms with Gasteiger partial charge in [0.1, 0.15) is 5.15 Å². The molecule has 0 spiro atoms. The second-order valence-electron chi connectivity index (χ2n) is 7.08. The Morgan fingerprint density at radius 1 is 1.11 bits per heavy atom. The quantitative estimate of drug-likeness (QED) is 0.638. The molecule has 6 heteroatoms. The predicted octanol–water partition coefficient (Wildman–Crippen LogP) is 5.20. The highest BCUT2D eigenvalue weighted by molar-refractivity contribution is 6.33. The molecule has 1 amide bonds. The second kappa shape index (κ2) is 7.75. The summed E-state index contributed by atoms with van der Waals surface area (Å²) in [7, 11) is 0. The van der Waals surface area contributed by atoms with Crippen LogP contribution in [0.1, 0.15) is 35.5 Å². The van der Waals surface area contributed by atoms with Crippen LogP contribution in [0.15, 0.2) is 54.6 Å². The van der Waals surface area contributed by atoms with Crippen molar-refractivity contribution in [2.24, 2.45) is 0 Å². The van der Waals surface area contributed by atoms with Gasteiger partial charge in [-0.05, 0) is 36.8 Å². The van der Waals surface area contributed by atoms with Gasteiger partial charge in [-0.3, -0.25) is 4.79 Å². The minimum absolute atomic E-state index is 0.241. The number of para-hydroxylation sites is 1. The van der Waals surface area contributed by atoms with Gasteiger partial charge in [0.25, 0.3) is 5.91 Å². The van der Waals surface area contributed by atoms with Crippen LogP contribution < -0.4 is 5.32 Å². The summed E-state index contributed by atoms with van der Waals surface area (Å²) in [6, 6.07) is 17.2. The van der Waals surface area contributed by atoms with Gasteiger partial charge in [-0.2, -0.15) is 5.10 Å². The molecule has 0 saturated heterocycles. The van der Waals surface area contributed by atoms with E-state index in [1.165, 1.54) is 0 Å². The number of halogens is 2. The Hall–Kier alpha value is -2.30. The molecule has 0 radical (unpaired) electrons. The first-order valence-corrected chi connectivity index (χ1v) is 9.40. The minimum atomic E-state index is -0.281. The number of rotatable bonds is 5. The lowest BCUT2D eigenvalue weighted by atomic mass is 9.84. The normalized spacial score (nSPS) is 11.4. The summed E-state index contributed by atoms with van der Waals surface area (Å²) in [4.78, 5) is 12.8. The molecular weight excluding hydrogens is 381 g/mol. The van der Waals surface area contributed by atoms with E-state index in [1.54, 1.807) is 11.6 Å². The van der Waals surface area contributed by atoms with Crippen LogP contribution in [0.5, 0.6) is 0 Å². The summed E-state index contributed by atoms with van der Waals surface area (Å²) in [6.45, 7) is 6.34. The monoisotopic (exact) mass is 401 g/mol. The van der Waals surface area contributed by atoms with Gasteiger partial charge in [-0.25, -0.2) is 4.68 Å². The number of hydrogen-bond acceptors (Lipinski definition) is 2. The van der Waals surface area contributed by atoms with E-state index in [-0.39, 0.29) is 11.3 Å². The highest BCUT2D eigenvalue weighted by Gasteiger charge is 2.25. The zero-order valence-corrected chi connectivity index (χ0v) is 17.0. The van der Waals surface area contributed by atoms with Crippen molar-refractivity contribution >= 4 is 29.1 Å². The van der Waals surface area contributed by atoms with Crippen molar-refractivity contribution in [1.82, 2.24) is 15.1 Å². The van der Waals surface area contributed by atoms with Crippen LogP contribution in [0.4, 0.5) is 0 Å². The zero-order chi connectivity index (χ0) is 19.6. The maximum atomic E-state index is 12.8. The Labute approximate surface area is 169 Å². The van der Waals surface area contributed by atoms with E-state index in [0.29, 0.717) is 28.0 Å². The smallest absolute Gasteiger partial charge is 0.256 e. The molecule has 140 valence electrons. The van der Waals surface area contributed by atoms with Crippen LogP contribution in [-0.2, 0) is 5.41 Å². The molecule has 0 unspecified atom stereocenters. The molecule has 27 heavy (non-hydrogen) atoms. The van der Waals surface area contributed by atoms with Crippen molar-refractivity contribution in [3.8, 4) is 5.69 Å². The molecule has 4 nitrogen and oxygen atoms in total. The Balaban J connectivity index is 1.80. The number of carbonyl (C=O) groups is 1. The maximum absolute atomic E-state index is 12.8. The van der Waals surface area contributed by atoms with Crippen LogP contribution >= 0.6 is 23.2 Å². The van der Waals surface area contributed by atoms with E-state index in [2.05, 4.69) is 24.3 Å². The number of carbonyl (C=O) groups excluding carboxylic acids is 1. The summed E-state index contributed by atoms with van der Waals surface area (Å²) >= 11 is 12.6. The molecule has 1 aromatic heterocycles. The first-order valence-electron chi connectivity index (χ1n) is 8.64. The Kier molecular flexibility index (Phi) is 5.59. The summed E-state index contributed by atoms with van der Waals surface area (Å²) in [5.41, 5.74) is 2.56. The number of aryl methyl sites for hydroxylation is 1. The number of hydrogen-bond donors (Lipinski definition) is 1. The zero-order valence-electron chi connectivity index (χ0n) is 15.5. The Morgan fingerprint density at radius 3 is 2.48 bits per heavy atom. The topological polar surface area (TPSA) is 46.9 Å². The van der Waals surface area contributed by atoms with Crippen LogP contribution in [-0.4, -0.2) is 22.2 Å². The number of nitrogens with zero attached hydrogens (tertiary/aromatic N) is 2. The van der Waals surface area contributed by atoms with Crippen LogP contribution in [0.3, 0.4) is 0 Å². The lowest BCUT2D eigenvalue weighted by Gasteiger charge is -2.26. The Bertz CT molecular complexity index is 965. The minimum Gasteiger partial charge on any atom is -0.351 e. The highest BCUT2D eigenvalue weighted by Crippen LogP contribution is 2.26. The fraction of sp³-hybridized carbons (Fsp3) is 0.238. The van der Waals surface area contributed by atoms with Crippen molar-refractivity contribution in [2.45, 2.75) is 26.2 Å². The maximum Gasteiger partial charge on any atom is 0.256 e. The molecule has 1 N–H and O–H groups in total. The molecule has 3 aromatic rings. The van der Waals surface area contributed by atoms with Gasteiger partial charge in [-0.15, -0.1) is 0 Å². The summed E-state index contributed by atoms with van der Waals surface area (Å²) in [5.74, 6) is -0.241. The first-order chi connectivity index (χ1) is 12.8. The standard InChI is InChI=1S/C21H21Cl2N3O/c1-14-18(19(23)26(25-14)17-10-5-4-6-11-17)20(27)24-13-21(2,3)15-8-7-9-16(22)12-15/h4-12H,13H2,1-3H3,(H,24,27). The largest absolute Gasteiger partial charge is 0.351 e. The number of nitrogens with one attached hydrogen (secondary N) is 1. The molecule has 0 atom stereocenters. The molecule has 0 bridgehead atoms. The molecular formula is C21H21Cl2N3O. The van der Waals surface area contributed by atoms with Crippen molar-refractivity contribution in [3.05, 3.63) is 81.6 Å². The molecule has 0 aliphatic rings. The molecule has 2 aromatic carbocycles. The molecule has 1 heterocycles. The lowest BCUT2D eigenvalue weighted by Crippen LogP contribution is -2.37. The van der Waals surface area contributed by atoms with E-state index in [4.69, 9.17) is 23.2 Å². The third kappa shape index (κ3) is 4.18. The first kappa shape index (κ1) is 19.5. The molecule has 0 aliphatic carbocycles. The van der Waals surface area contributed by atoms with E-state index >= 15 is 0 Å². The number of benzene rings is 2. The third-order valence-electron chi connectivity index (χ3n) is 4.53. The van der Waals surface area contributed by atoms with E-state index in [0.717, 1.165) is 11.3 Å². The van der Waals surface area contributed by atoms with Crippen LogP contribution in [0.25, 0.3) is 5.69 Å². The van der Waals surface area contributed by atoms with E-state index in [9.17, 15) is 4.79 Å². The summed E-state index contributed by atoms with van der Waals surface area (Å²) in [5, 5.41) is 8.38. The molecule has 0 fully saturated rings. The Morgan fingerprint density at radius 2 is 1.81 bits per heavy atom. The van der Waals surface area contributed by atoms with Gasteiger partial charge < -0.3 is 5.32 Å². The van der Waals surface area contributed by atoms with Crippen molar-refractivity contribution in [1.29, 1.82) is 0 Å². The van der Waals surface area contributed by atoms with Gasteiger partial charge in [0.2, 0.25) is 0 Å². The highest BCUT2D eigenvalue weighted by atomic mass is 35.5. The summed E-state index contributed by atoms with van der Waals surface area (Å²) < 4.78 is 1.58. The predicted molar refractivity (Wildman–Crippen MR) is 110 cm³/mol. The van der Waals surface area contributed by atoms with Crippen molar-refractivity contribution in [3.63, 3.8) is 0 Å². The lowest BCUT2D eigenvalue weighted by molar-refractivity contribution is 0.0945. The van der Waals surface area contributed by atoms with E-state index in [1.807, 2.05) is 54.6 Å². The van der Waals surface area contributed by atoms with Crippen molar-refractivity contribution < 1.29 is 4.79 Å². The molecule has 0 aliphatic heterocycles. The molecule has 3 rings (SSSR count). The fourth-order valence-electron chi connectivity index (χ4n) is 2.90.